The van der Waals surface area contributed by atoms with Gasteiger partial charge in [-0.25, -0.2) is 0 Å². The Bertz CT molecular complexity index is 469. The number of nitrogens with one attached hydrogen (secondary N) is 1. The zero-order chi connectivity index (χ0) is 15.0. The second kappa shape index (κ2) is 8.25. The van der Waals surface area contributed by atoms with Crippen molar-refractivity contribution in [3.8, 4) is 11.5 Å². The number of rotatable bonds is 7. The van der Waals surface area contributed by atoms with Gasteiger partial charge in [0.05, 0.1) is 7.11 Å². The molecule has 110 valence electrons. The topological polar surface area (TPSA) is 47.6 Å². The van der Waals surface area contributed by atoms with Crippen molar-refractivity contribution in [2.45, 2.75) is 33.2 Å². The van der Waals surface area contributed by atoms with E-state index >= 15 is 0 Å². The minimum Gasteiger partial charge on any atom is -0.493 e. The Morgan fingerprint density at radius 3 is 2.75 bits per heavy atom. The van der Waals surface area contributed by atoms with Crippen LogP contribution in [0.3, 0.4) is 0 Å². The van der Waals surface area contributed by atoms with E-state index in [-0.39, 0.29) is 18.6 Å². The molecular formula is C16H23NO3. The number of allylic oxidation sites excluding steroid dienone is 1. The standard InChI is InChI=1S/C16H23NO3/c1-5-7-13-8-9-14(15(10-13)19-4)20-11-16(18)17-12(3)6-2/h5,7-10,12H,6,11H2,1-4H3,(H,17,18). The van der Waals surface area contributed by atoms with E-state index in [1.807, 2.05) is 51.1 Å². The van der Waals surface area contributed by atoms with E-state index in [1.165, 1.54) is 0 Å². The summed E-state index contributed by atoms with van der Waals surface area (Å²) < 4.78 is 10.8. The molecule has 0 heterocycles. The van der Waals surface area contributed by atoms with Crippen LogP contribution in [-0.4, -0.2) is 25.7 Å². The third-order valence-corrected chi connectivity index (χ3v) is 2.93. The molecular weight excluding hydrogens is 254 g/mol. The molecule has 0 spiro atoms. The van der Waals surface area contributed by atoms with Gasteiger partial charge in [-0.3, -0.25) is 4.79 Å². The monoisotopic (exact) mass is 277 g/mol. The quantitative estimate of drug-likeness (QED) is 0.833. The molecule has 1 atom stereocenters. The van der Waals surface area contributed by atoms with Gasteiger partial charge in [0.1, 0.15) is 0 Å². The maximum absolute atomic E-state index is 11.7. The van der Waals surface area contributed by atoms with Crippen molar-refractivity contribution in [1.82, 2.24) is 5.32 Å². The first-order chi connectivity index (χ1) is 9.60. The first kappa shape index (κ1) is 16.1. The molecule has 0 saturated heterocycles. The molecule has 1 aromatic rings. The van der Waals surface area contributed by atoms with Gasteiger partial charge in [-0.1, -0.05) is 25.1 Å². The van der Waals surface area contributed by atoms with Crippen LogP contribution in [0.5, 0.6) is 11.5 Å². The van der Waals surface area contributed by atoms with Crippen LogP contribution in [0.25, 0.3) is 6.08 Å². The average Bonchev–Trinajstić information content (AvgIpc) is 2.45. The Labute approximate surface area is 120 Å². The van der Waals surface area contributed by atoms with Gasteiger partial charge in [0.15, 0.2) is 18.1 Å². The summed E-state index contributed by atoms with van der Waals surface area (Å²) in [4.78, 5) is 11.7. The van der Waals surface area contributed by atoms with Crippen LogP contribution >= 0.6 is 0 Å². The third-order valence-electron chi connectivity index (χ3n) is 2.93. The van der Waals surface area contributed by atoms with Crippen molar-refractivity contribution in [3.63, 3.8) is 0 Å². The molecule has 1 unspecified atom stereocenters. The molecule has 0 aliphatic heterocycles. The van der Waals surface area contributed by atoms with Crippen molar-refractivity contribution in [2.24, 2.45) is 0 Å². The molecule has 0 fully saturated rings. The first-order valence-corrected chi connectivity index (χ1v) is 6.83. The Hall–Kier alpha value is -1.97. The first-order valence-electron chi connectivity index (χ1n) is 6.83. The number of carbonyl (C=O) groups excluding carboxylic acids is 1. The summed E-state index contributed by atoms with van der Waals surface area (Å²) in [6.45, 7) is 5.93. The van der Waals surface area contributed by atoms with E-state index in [0.29, 0.717) is 11.5 Å². The third kappa shape index (κ3) is 4.96. The number of hydrogen-bond acceptors (Lipinski definition) is 3. The van der Waals surface area contributed by atoms with Gasteiger partial charge in [-0.2, -0.15) is 0 Å². The van der Waals surface area contributed by atoms with Crippen LogP contribution < -0.4 is 14.8 Å². The van der Waals surface area contributed by atoms with E-state index in [0.717, 1.165) is 12.0 Å². The van der Waals surface area contributed by atoms with Crippen molar-refractivity contribution in [2.75, 3.05) is 13.7 Å². The molecule has 0 bridgehead atoms. The number of benzene rings is 1. The Balaban J connectivity index is 2.65. The molecule has 0 saturated carbocycles. The highest BCUT2D eigenvalue weighted by molar-refractivity contribution is 5.77. The van der Waals surface area contributed by atoms with E-state index in [1.54, 1.807) is 7.11 Å². The van der Waals surface area contributed by atoms with Crippen LogP contribution in [0.4, 0.5) is 0 Å². The Morgan fingerprint density at radius 2 is 2.15 bits per heavy atom. The number of carbonyl (C=O) groups is 1. The maximum Gasteiger partial charge on any atom is 0.258 e. The molecule has 1 N–H and O–H groups in total. The molecule has 0 aliphatic rings. The van der Waals surface area contributed by atoms with E-state index < -0.39 is 0 Å². The van der Waals surface area contributed by atoms with Crippen LogP contribution in [0.1, 0.15) is 32.8 Å². The lowest BCUT2D eigenvalue weighted by Gasteiger charge is -2.14. The summed E-state index contributed by atoms with van der Waals surface area (Å²) in [6, 6.07) is 5.77. The number of hydrogen-bond donors (Lipinski definition) is 1. The smallest absolute Gasteiger partial charge is 0.258 e. The largest absolute Gasteiger partial charge is 0.493 e. The Kier molecular flexibility index (Phi) is 6.64. The van der Waals surface area contributed by atoms with Crippen molar-refractivity contribution < 1.29 is 14.3 Å². The van der Waals surface area contributed by atoms with Crippen molar-refractivity contribution in [1.29, 1.82) is 0 Å². The molecule has 1 aromatic carbocycles. The van der Waals surface area contributed by atoms with E-state index in [2.05, 4.69) is 5.32 Å². The van der Waals surface area contributed by atoms with Gasteiger partial charge >= 0.3 is 0 Å². The van der Waals surface area contributed by atoms with Gasteiger partial charge in [-0.05, 0) is 38.0 Å². The molecule has 20 heavy (non-hydrogen) atoms. The number of methoxy groups -OCH3 is 1. The molecule has 4 heteroatoms. The average molecular weight is 277 g/mol. The summed E-state index contributed by atoms with van der Waals surface area (Å²) in [5.41, 5.74) is 1.03. The van der Waals surface area contributed by atoms with Crippen LogP contribution in [0.15, 0.2) is 24.3 Å². The molecule has 0 radical (unpaired) electrons. The second-order valence-electron chi connectivity index (χ2n) is 4.58. The minimum absolute atomic E-state index is 0.0103. The normalized spacial score (nSPS) is 12.2. The molecule has 0 aromatic heterocycles. The van der Waals surface area contributed by atoms with Gasteiger partial charge in [0.2, 0.25) is 0 Å². The number of ether oxygens (including phenoxy) is 2. The van der Waals surface area contributed by atoms with Crippen LogP contribution in [-0.2, 0) is 4.79 Å². The van der Waals surface area contributed by atoms with Crippen LogP contribution in [0.2, 0.25) is 0 Å². The molecule has 0 aliphatic carbocycles. The van der Waals surface area contributed by atoms with Crippen LogP contribution in [0, 0.1) is 0 Å². The second-order valence-corrected chi connectivity index (χ2v) is 4.58. The van der Waals surface area contributed by atoms with Crippen molar-refractivity contribution >= 4 is 12.0 Å². The SMILES string of the molecule is CC=Cc1ccc(OCC(=O)NC(C)CC)c(OC)c1. The molecule has 1 amide bonds. The predicted molar refractivity (Wildman–Crippen MR) is 81.1 cm³/mol. The van der Waals surface area contributed by atoms with Gasteiger partial charge < -0.3 is 14.8 Å². The minimum atomic E-state index is -0.126. The summed E-state index contributed by atoms with van der Waals surface area (Å²) in [5, 5.41) is 2.85. The zero-order valence-corrected chi connectivity index (χ0v) is 12.6. The Morgan fingerprint density at radius 1 is 1.40 bits per heavy atom. The van der Waals surface area contributed by atoms with E-state index in [4.69, 9.17) is 9.47 Å². The lowest BCUT2D eigenvalue weighted by atomic mass is 10.2. The summed E-state index contributed by atoms with van der Waals surface area (Å²) in [5.74, 6) is 1.07. The highest BCUT2D eigenvalue weighted by Gasteiger charge is 2.09. The molecule has 4 nitrogen and oxygen atoms in total. The van der Waals surface area contributed by atoms with Gasteiger partial charge in [0.25, 0.3) is 5.91 Å². The van der Waals surface area contributed by atoms with E-state index in [9.17, 15) is 4.79 Å². The van der Waals surface area contributed by atoms with Crippen molar-refractivity contribution in [3.05, 3.63) is 29.8 Å². The fourth-order valence-electron chi connectivity index (χ4n) is 1.66. The fourth-order valence-corrected chi connectivity index (χ4v) is 1.66. The zero-order valence-electron chi connectivity index (χ0n) is 12.6. The van der Waals surface area contributed by atoms with Gasteiger partial charge in [0, 0.05) is 6.04 Å². The number of amides is 1. The maximum atomic E-state index is 11.7. The predicted octanol–water partition coefficient (Wildman–Crippen LogP) is 3.02. The summed E-state index contributed by atoms with van der Waals surface area (Å²) >= 11 is 0. The summed E-state index contributed by atoms with van der Waals surface area (Å²) in [6.07, 6.45) is 4.82. The fraction of sp³-hybridized carbons (Fsp3) is 0.438. The lowest BCUT2D eigenvalue weighted by Crippen LogP contribution is -2.35. The highest BCUT2D eigenvalue weighted by atomic mass is 16.5. The van der Waals surface area contributed by atoms with Gasteiger partial charge in [-0.15, -0.1) is 0 Å². The summed E-state index contributed by atoms with van der Waals surface area (Å²) in [7, 11) is 1.58. The highest BCUT2D eigenvalue weighted by Crippen LogP contribution is 2.28. The lowest BCUT2D eigenvalue weighted by molar-refractivity contribution is -0.123. The molecule has 1 rings (SSSR count).